The molecule has 0 radical (unpaired) electrons. The van der Waals surface area contributed by atoms with E-state index >= 15 is 0 Å². The molecule has 6 heteroatoms. The van der Waals surface area contributed by atoms with E-state index in [2.05, 4.69) is 65.6 Å². The van der Waals surface area contributed by atoms with Crippen LogP contribution in [-0.4, -0.2) is 19.9 Å². The zero-order chi connectivity index (χ0) is 30.6. The predicted octanol–water partition coefficient (Wildman–Crippen LogP) is 10.5. The summed E-state index contributed by atoms with van der Waals surface area (Å²) in [5.74, 6) is 2.44. The Hall–Kier alpha value is -5.91. The van der Waals surface area contributed by atoms with Crippen LogP contribution in [-0.2, 0) is 0 Å². The van der Waals surface area contributed by atoms with Gasteiger partial charge in [0.05, 0.1) is 0 Å². The number of hydrogen-bond acceptors (Lipinski definition) is 5. The van der Waals surface area contributed by atoms with Crippen LogP contribution >= 0.6 is 11.9 Å². The third kappa shape index (κ3) is 4.17. The third-order valence-corrected chi connectivity index (χ3v) is 8.85. The van der Waals surface area contributed by atoms with Gasteiger partial charge in [0.25, 0.3) is 0 Å². The zero-order valence-corrected chi connectivity index (χ0v) is 25.1. The van der Waals surface area contributed by atoms with Crippen molar-refractivity contribution in [1.29, 1.82) is 0 Å². The van der Waals surface area contributed by atoms with Gasteiger partial charge in [-0.05, 0) is 56.1 Å². The lowest BCUT2D eigenvalue weighted by atomic mass is 9.88. The van der Waals surface area contributed by atoms with Gasteiger partial charge >= 0.3 is 0 Å². The average molecular weight is 611 g/mol. The van der Waals surface area contributed by atoms with E-state index in [-0.39, 0.29) is 0 Å². The van der Waals surface area contributed by atoms with Crippen LogP contribution in [0.4, 0.5) is 0 Å². The SMILES string of the molecule is ClOc1c(-c2ccc3ccc4c(-c5nc(-c6ccccc6)nc(-c6ccccc6)n5)ccc5ccc2c3c54)ccc2cccnc12. The average Bonchev–Trinajstić information content (AvgIpc) is 3.13. The summed E-state index contributed by atoms with van der Waals surface area (Å²) in [4.78, 5) is 19.5. The molecule has 0 unspecified atom stereocenters. The Bertz CT molecular complexity index is 2510. The molecule has 0 amide bonds. The molecule has 0 bridgehead atoms. The van der Waals surface area contributed by atoms with E-state index in [1.807, 2.05) is 72.8 Å². The van der Waals surface area contributed by atoms with Crippen molar-refractivity contribution in [2.24, 2.45) is 0 Å². The summed E-state index contributed by atoms with van der Waals surface area (Å²) in [5.41, 5.74) is 5.45. The van der Waals surface area contributed by atoms with Crippen molar-refractivity contribution < 1.29 is 4.29 Å². The summed E-state index contributed by atoms with van der Waals surface area (Å²) < 4.78 is 5.46. The van der Waals surface area contributed by atoms with Crippen LogP contribution in [0.15, 0.2) is 140 Å². The van der Waals surface area contributed by atoms with Crippen LogP contribution in [0.2, 0.25) is 0 Å². The van der Waals surface area contributed by atoms with E-state index in [0.29, 0.717) is 23.2 Å². The third-order valence-electron chi connectivity index (χ3n) is 8.70. The molecular weight excluding hydrogens is 588 g/mol. The fourth-order valence-corrected chi connectivity index (χ4v) is 6.72. The molecule has 0 fully saturated rings. The fourth-order valence-electron chi connectivity index (χ4n) is 6.57. The molecule has 0 aliphatic carbocycles. The number of pyridine rings is 1. The summed E-state index contributed by atoms with van der Waals surface area (Å²) >= 11 is 6.11. The van der Waals surface area contributed by atoms with Crippen LogP contribution in [0.25, 0.3) is 88.5 Å². The van der Waals surface area contributed by atoms with E-state index in [9.17, 15) is 0 Å². The van der Waals surface area contributed by atoms with Crippen molar-refractivity contribution in [1.82, 2.24) is 19.9 Å². The van der Waals surface area contributed by atoms with Gasteiger partial charge in [-0.15, -0.1) is 0 Å². The highest BCUT2D eigenvalue weighted by molar-refractivity contribution is 6.27. The molecule has 5 nitrogen and oxygen atoms in total. The number of rotatable bonds is 5. The van der Waals surface area contributed by atoms with Gasteiger partial charge in [-0.1, -0.05) is 115 Å². The van der Waals surface area contributed by atoms with E-state index < -0.39 is 0 Å². The molecule has 9 rings (SSSR count). The summed E-state index contributed by atoms with van der Waals surface area (Å²) in [7, 11) is 0. The van der Waals surface area contributed by atoms with Crippen molar-refractivity contribution in [3.05, 3.63) is 140 Å². The van der Waals surface area contributed by atoms with Gasteiger partial charge in [-0.25, -0.2) is 15.0 Å². The number of benzene rings is 7. The fraction of sp³-hybridized carbons (Fsp3) is 0. The molecule has 46 heavy (non-hydrogen) atoms. The standard InChI is InChI=1S/C40H23ClN4O/c41-46-37-32(21-17-26-12-7-23-42-36(26)37)29-18-13-24-15-20-31-33(22-16-25-14-19-30(29)34(24)35(25)31)40-44-38(27-8-3-1-4-9-27)43-39(45-40)28-10-5-2-6-11-28/h1-23H. The summed E-state index contributed by atoms with van der Waals surface area (Å²) in [6.45, 7) is 0. The minimum atomic E-state index is 0.544. The first kappa shape index (κ1) is 26.5. The molecule has 0 atom stereocenters. The normalized spacial score (nSPS) is 11.6. The molecule has 0 aliphatic heterocycles. The maximum atomic E-state index is 6.11. The number of hydrogen-bond donors (Lipinski definition) is 0. The highest BCUT2D eigenvalue weighted by atomic mass is 35.5. The van der Waals surface area contributed by atoms with Gasteiger partial charge in [0, 0.05) is 33.8 Å². The molecule has 216 valence electrons. The van der Waals surface area contributed by atoms with E-state index in [4.69, 9.17) is 31.1 Å². The Labute approximate surface area is 269 Å². The van der Waals surface area contributed by atoms with Crippen LogP contribution < -0.4 is 4.29 Å². The first-order chi connectivity index (χ1) is 22.8. The molecule has 0 spiro atoms. The van der Waals surface area contributed by atoms with E-state index in [1.54, 1.807) is 6.20 Å². The Morgan fingerprint density at radius 1 is 0.435 bits per heavy atom. The maximum Gasteiger partial charge on any atom is 0.180 e. The van der Waals surface area contributed by atoms with Gasteiger partial charge < -0.3 is 4.29 Å². The first-order valence-corrected chi connectivity index (χ1v) is 15.3. The van der Waals surface area contributed by atoms with Crippen LogP contribution in [0, 0.1) is 0 Å². The monoisotopic (exact) mass is 610 g/mol. The van der Waals surface area contributed by atoms with Crippen molar-refractivity contribution >= 4 is 55.1 Å². The lowest BCUT2D eigenvalue weighted by molar-refractivity contribution is 0.627. The highest BCUT2D eigenvalue weighted by Crippen LogP contribution is 2.45. The molecule has 0 aliphatic rings. The molecule has 7 aromatic carbocycles. The molecular formula is C40H23ClN4O. The Morgan fingerprint density at radius 3 is 1.59 bits per heavy atom. The second-order valence-electron chi connectivity index (χ2n) is 11.3. The quantitative estimate of drug-likeness (QED) is 0.181. The van der Waals surface area contributed by atoms with Crippen molar-refractivity contribution in [2.45, 2.75) is 0 Å². The largest absolute Gasteiger partial charge is 0.383 e. The molecule has 0 saturated carbocycles. The van der Waals surface area contributed by atoms with Crippen molar-refractivity contribution in [3.63, 3.8) is 0 Å². The van der Waals surface area contributed by atoms with E-state index in [1.165, 1.54) is 0 Å². The van der Waals surface area contributed by atoms with E-state index in [0.717, 1.165) is 71.0 Å². The summed E-state index contributed by atoms with van der Waals surface area (Å²) in [6.07, 6.45) is 1.75. The first-order valence-electron chi connectivity index (χ1n) is 15.0. The minimum Gasteiger partial charge on any atom is -0.383 e. The van der Waals surface area contributed by atoms with Gasteiger partial charge in [-0.2, -0.15) is 0 Å². The highest BCUT2D eigenvalue weighted by Gasteiger charge is 2.20. The summed E-state index contributed by atoms with van der Waals surface area (Å²) in [5, 5.41) is 7.75. The molecule has 0 N–H and O–H groups in total. The molecule has 0 saturated heterocycles. The molecule has 9 aromatic rings. The van der Waals surface area contributed by atoms with Gasteiger partial charge in [0.1, 0.15) is 17.4 Å². The minimum absolute atomic E-state index is 0.544. The van der Waals surface area contributed by atoms with Crippen LogP contribution in [0.1, 0.15) is 0 Å². The molecule has 2 aromatic heterocycles. The predicted molar refractivity (Wildman–Crippen MR) is 187 cm³/mol. The smallest absolute Gasteiger partial charge is 0.180 e. The topological polar surface area (TPSA) is 60.8 Å². The number of aromatic nitrogens is 4. The second-order valence-corrected chi connectivity index (χ2v) is 11.4. The lowest BCUT2D eigenvalue weighted by Crippen LogP contribution is -2.00. The lowest BCUT2D eigenvalue weighted by Gasteiger charge is -2.17. The zero-order valence-electron chi connectivity index (χ0n) is 24.4. The van der Waals surface area contributed by atoms with Crippen LogP contribution in [0.3, 0.4) is 0 Å². The maximum absolute atomic E-state index is 6.11. The van der Waals surface area contributed by atoms with Gasteiger partial charge in [-0.3, -0.25) is 4.98 Å². The Kier molecular flexibility index (Phi) is 6.11. The molecule has 2 heterocycles. The Morgan fingerprint density at radius 2 is 0.957 bits per heavy atom. The van der Waals surface area contributed by atoms with Gasteiger partial charge in [0.15, 0.2) is 23.2 Å². The van der Waals surface area contributed by atoms with Crippen molar-refractivity contribution in [3.8, 4) is 51.0 Å². The van der Waals surface area contributed by atoms with Crippen molar-refractivity contribution in [2.75, 3.05) is 0 Å². The van der Waals surface area contributed by atoms with Gasteiger partial charge in [0.2, 0.25) is 0 Å². The number of halogens is 1. The number of nitrogens with zero attached hydrogens (tertiary/aromatic N) is 4. The number of fused-ring (bicyclic) bond motifs is 1. The second kappa shape index (κ2) is 10.6. The Balaban J connectivity index is 1.31. The summed E-state index contributed by atoms with van der Waals surface area (Å²) in [6, 6.07) is 45.4. The van der Waals surface area contributed by atoms with Crippen LogP contribution in [0.5, 0.6) is 5.75 Å².